The number of carbonyl (C=O) groups excluding carboxylic acids is 1. The summed E-state index contributed by atoms with van der Waals surface area (Å²) in [5, 5.41) is 18.1. The number of aromatic nitrogens is 4. The van der Waals surface area contributed by atoms with Gasteiger partial charge in [-0.25, -0.2) is 4.68 Å². The van der Waals surface area contributed by atoms with Gasteiger partial charge in [0.2, 0.25) is 0 Å². The number of hydrogen-bond donors (Lipinski definition) is 2. The van der Waals surface area contributed by atoms with Gasteiger partial charge in [-0.2, -0.15) is 18.3 Å². The Bertz CT molecular complexity index is 998. The van der Waals surface area contributed by atoms with Crippen LogP contribution in [-0.4, -0.2) is 39.0 Å². The maximum atomic E-state index is 12.7. The summed E-state index contributed by atoms with van der Waals surface area (Å²) in [6.07, 6.45) is -4.49. The SMILES string of the molecule is Cc1cc(C)n(-c2ccc(NCCNC(=O)c3cccc(C(F)(F)F)c3)nn2)n1. The van der Waals surface area contributed by atoms with Crippen molar-refractivity contribution >= 4 is 11.7 Å². The van der Waals surface area contributed by atoms with E-state index in [1.54, 1.807) is 16.8 Å². The van der Waals surface area contributed by atoms with Gasteiger partial charge in [0.05, 0.1) is 11.3 Å². The van der Waals surface area contributed by atoms with Crippen molar-refractivity contribution in [3.63, 3.8) is 0 Å². The molecule has 0 bridgehead atoms. The Morgan fingerprint density at radius 3 is 2.48 bits per heavy atom. The molecule has 0 atom stereocenters. The van der Waals surface area contributed by atoms with Crippen LogP contribution in [0.3, 0.4) is 0 Å². The quantitative estimate of drug-likeness (QED) is 0.617. The van der Waals surface area contributed by atoms with Crippen LogP contribution in [0.1, 0.15) is 27.3 Å². The molecule has 0 saturated heterocycles. The molecular weight excluding hydrogens is 385 g/mol. The molecule has 0 aliphatic carbocycles. The number of carbonyl (C=O) groups is 1. The Morgan fingerprint density at radius 2 is 1.86 bits per heavy atom. The predicted molar refractivity (Wildman–Crippen MR) is 101 cm³/mol. The largest absolute Gasteiger partial charge is 0.416 e. The van der Waals surface area contributed by atoms with E-state index in [9.17, 15) is 18.0 Å². The fraction of sp³-hybridized carbons (Fsp3) is 0.263. The Balaban J connectivity index is 1.50. The number of aryl methyl sites for hydroxylation is 2. The van der Waals surface area contributed by atoms with Gasteiger partial charge in [0.25, 0.3) is 5.91 Å². The standard InChI is InChI=1S/C19H19F3N6O/c1-12-10-13(2)28(27-12)17-7-6-16(25-26-17)23-8-9-24-18(29)14-4-3-5-15(11-14)19(20,21)22/h3-7,10-11H,8-9H2,1-2H3,(H,23,25)(H,24,29). The number of rotatable bonds is 6. The summed E-state index contributed by atoms with van der Waals surface area (Å²) in [5.74, 6) is 0.506. The molecule has 152 valence electrons. The van der Waals surface area contributed by atoms with Crippen LogP contribution in [0.25, 0.3) is 5.82 Å². The van der Waals surface area contributed by atoms with Crippen LogP contribution in [0, 0.1) is 13.8 Å². The zero-order valence-electron chi connectivity index (χ0n) is 15.8. The number of anilines is 1. The van der Waals surface area contributed by atoms with Gasteiger partial charge < -0.3 is 10.6 Å². The lowest BCUT2D eigenvalue weighted by Crippen LogP contribution is -2.29. The molecule has 7 nitrogen and oxygen atoms in total. The highest BCUT2D eigenvalue weighted by Gasteiger charge is 2.30. The van der Waals surface area contributed by atoms with Crippen molar-refractivity contribution < 1.29 is 18.0 Å². The van der Waals surface area contributed by atoms with Gasteiger partial charge >= 0.3 is 6.18 Å². The number of halogens is 3. The number of amides is 1. The summed E-state index contributed by atoms with van der Waals surface area (Å²) in [7, 11) is 0. The highest BCUT2D eigenvalue weighted by Crippen LogP contribution is 2.29. The van der Waals surface area contributed by atoms with Crippen LogP contribution >= 0.6 is 0 Å². The maximum absolute atomic E-state index is 12.7. The van der Waals surface area contributed by atoms with Crippen molar-refractivity contribution in [2.45, 2.75) is 20.0 Å². The third-order valence-corrected chi connectivity index (χ3v) is 4.05. The van der Waals surface area contributed by atoms with Crippen LogP contribution in [0.15, 0.2) is 42.5 Å². The van der Waals surface area contributed by atoms with E-state index in [0.29, 0.717) is 18.2 Å². The first-order valence-electron chi connectivity index (χ1n) is 8.81. The van der Waals surface area contributed by atoms with Crippen LogP contribution in [-0.2, 0) is 6.18 Å². The summed E-state index contributed by atoms with van der Waals surface area (Å²) >= 11 is 0. The van der Waals surface area contributed by atoms with Crippen molar-refractivity contribution in [3.05, 3.63) is 65.0 Å². The van der Waals surface area contributed by atoms with E-state index >= 15 is 0 Å². The lowest BCUT2D eigenvalue weighted by Gasteiger charge is -2.10. The van der Waals surface area contributed by atoms with Gasteiger partial charge in [-0.1, -0.05) is 6.07 Å². The number of nitrogens with zero attached hydrogens (tertiary/aromatic N) is 4. The zero-order chi connectivity index (χ0) is 21.0. The molecule has 2 aromatic heterocycles. The minimum Gasteiger partial charge on any atom is -0.367 e. The molecule has 2 N–H and O–H groups in total. The lowest BCUT2D eigenvalue weighted by atomic mass is 10.1. The highest BCUT2D eigenvalue weighted by molar-refractivity contribution is 5.94. The van der Waals surface area contributed by atoms with Gasteiger partial charge in [0, 0.05) is 24.3 Å². The third kappa shape index (κ3) is 5.09. The minimum atomic E-state index is -4.49. The van der Waals surface area contributed by atoms with E-state index in [-0.39, 0.29) is 12.1 Å². The smallest absolute Gasteiger partial charge is 0.367 e. The molecule has 3 aromatic rings. The Hall–Kier alpha value is -3.43. The van der Waals surface area contributed by atoms with Crippen LogP contribution in [0.4, 0.5) is 19.0 Å². The number of alkyl halides is 3. The minimum absolute atomic E-state index is 0.0474. The molecule has 1 amide bonds. The molecule has 2 heterocycles. The van der Waals surface area contributed by atoms with Crippen molar-refractivity contribution in [3.8, 4) is 5.82 Å². The normalized spacial score (nSPS) is 11.3. The zero-order valence-corrected chi connectivity index (χ0v) is 15.8. The molecular formula is C19H19F3N6O. The van der Waals surface area contributed by atoms with Crippen molar-refractivity contribution in [2.24, 2.45) is 0 Å². The lowest BCUT2D eigenvalue weighted by molar-refractivity contribution is -0.137. The van der Waals surface area contributed by atoms with Crippen LogP contribution in [0.5, 0.6) is 0 Å². The Morgan fingerprint density at radius 1 is 1.07 bits per heavy atom. The van der Waals surface area contributed by atoms with Gasteiger partial charge in [-0.05, 0) is 50.2 Å². The molecule has 0 saturated carbocycles. The summed E-state index contributed by atoms with van der Waals surface area (Å²) in [4.78, 5) is 12.0. The van der Waals surface area contributed by atoms with E-state index in [4.69, 9.17) is 0 Å². The molecule has 1 aromatic carbocycles. The first-order valence-corrected chi connectivity index (χ1v) is 8.81. The molecule has 10 heteroatoms. The van der Waals surface area contributed by atoms with Gasteiger partial charge in [-0.3, -0.25) is 4.79 Å². The molecule has 0 radical (unpaired) electrons. The highest BCUT2D eigenvalue weighted by atomic mass is 19.4. The molecule has 0 aliphatic rings. The summed E-state index contributed by atoms with van der Waals surface area (Å²) in [6, 6.07) is 9.71. The van der Waals surface area contributed by atoms with Crippen molar-refractivity contribution in [1.82, 2.24) is 25.3 Å². The second kappa shape index (κ2) is 8.29. The third-order valence-electron chi connectivity index (χ3n) is 4.05. The van der Waals surface area contributed by atoms with Gasteiger partial charge in [0.15, 0.2) is 5.82 Å². The molecule has 3 rings (SSSR count). The average Bonchev–Trinajstić information content (AvgIpc) is 3.03. The van der Waals surface area contributed by atoms with Crippen molar-refractivity contribution in [2.75, 3.05) is 18.4 Å². The van der Waals surface area contributed by atoms with E-state index in [1.807, 2.05) is 19.9 Å². The van der Waals surface area contributed by atoms with E-state index in [2.05, 4.69) is 25.9 Å². The Labute approximate surface area is 165 Å². The predicted octanol–water partition coefficient (Wildman–Crippen LogP) is 3.14. The summed E-state index contributed by atoms with van der Waals surface area (Å²) in [6.45, 7) is 4.34. The van der Waals surface area contributed by atoms with Gasteiger partial charge in [0.1, 0.15) is 5.82 Å². The van der Waals surface area contributed by atoms with E-state index in [1.165, 1.54) is 12.1 Å². The van der Waals surface area contributed by atoms with Crippen molar-refractivity contribution in [1.29, 1.82) is 0 Å². The fourth-order valence-electron chi connectivity index (χ4n) is 2.70. The summed E-state index contributed by atoms with van der Waals surface area (Å²) < 4.78 is 39.9. The van der Waals surface area contributed by atoms with Crippen LogP contribution in [0.2, 0.25) is 0 Å². The topological polar surface area (TPSA) is 84.7 Å². The fourth-order valence-corrected chi connectivity index (χ4v) is 2.70. The monoisotopic (exact) mass is 404 g/mol. The Kier molecular flexibility index (Phi) is 5.81. The maximum Gasteiger partial charge on any atom is 0.416 e. The van der Waals surface area contributed by atoms with E-state index in [0.717, 1.165) is 23.5 Å². The first-order chi connectivity index (χ1) is 13.7. The molecule has 0 aliphatic heterocycles. The average molecular weight is 404 g/mol. The number of benzene rings is 1. The molecule has 29 heavy (non-hydrogen) atoms. The molecule has 0 fully saturated rings. The second-order valence-electron chi connectivity index (χ2n) is 6.38. The number of nitrogens with one attached hydrogen (secondary N) is 2. The van der Waals surface area contributed by atoms with Gasteiger partial charge in [-0.15, -0.1) is 10.2 Å². The van der Waals surface area contributed by atoms with E-state index < -0.39 is 17.6 Å². The van der Waals surface area contributed by atoms with Crippen LogP contribution < -0.4 is 10.6 Å². The number of hydrogen-bond acceptors (Lipinski definition) is 5. The first kappa shape index (κ1) is 20.3. The summed E-state index contributed by atoms with van der Waals surface area (Å²) in [5.41, 5.74) is 0.910. The molecule has 0 unspecified atom stereocenters. The molecule has 0 spiro atoms. The second-order valence-corrected chi connectivity index (χ2v) is 6.38.